The van der Waals surface area contributed by atoms with Crippen molar-refractivity contribution in [1.82, 2.24) is 15.1 Å². The lowest BCUT2D eigenvalue weighted by molar-refractivity contribution is -0.139. The highest BCUT2D eigenvalue weighted by Gasteiger charge is 2.25. The number of amides is 1. The summed E-state index contributed by atoms with van der Waals surface area (Å²) in [7, 11) is 1.72. The summed E-state index contributed by atoms with van der Waals surface area (Å²) in [4.78, 5) is 23.8. The largest absolute Gasteiger partial charge is 0.493 e. The minimum absolute atomic E-state index is 0.195. The molecule has 1 unspecified atom stereocenters. The van der Waals surface area contributed by atoms with Crippen LogP contribution in [0, 0.1) is 6.92 Å². The Bertz CT molecular complexity index is 762. The van der Waals surface area contributed by atoms with Gasteiger partial charge in [-0.3, -0.25) is 9.48 Å². The third-order valence-corrected chi connectivity index (χ3v) is 3.92. The van der Waals surface area contributed by atoms with Gasteiger partial charge in [0.1, 0.15) is 11.4 Å². The van der Waals surface area contributed by atoms with Crippen LogP contribution < -0.4 is 10.1 Å². The summed E-state index contributed by atoms with van der Waals surface area (Å²) in [6, 6.07) is 5.66. The van der Waals surface area contributed by atoms with Gasteiger partial charge in [0.05, 0.1) is 6.61 Å². The van der Waals surface area contributed by atoms with Crippen LogP contribution in [0.15, 0.2) is 24.3 Å². The molecule has 1 aromatic carbocycles. The van der Waals surface area contributed by atoms with Crippen molar-refractivity contribution in [2.75, 3.05) is 6.61 Å². The van der Waals surface area contributed by atoms with Crippen LogP contribution in [0.4, 0.5) is 0 Å². The Morgan fingerprint density at radius 2 is 2.17 bits per heavy atom. The van der Waals surface area contributed by atoms with Gasteiger partial charge in [0, 0.05) is 19.2 Å². The number of hydrogen-bond donors (Lipinski definition) is 2. The number of hydrogen-bond acceptors (Lipinski definition) is 4. The van der Waals surface area contributed by atoms with Crippen molar-refractivity contribution in [3.63, 3.8) is 0 Å². The summed E-state index contributed by atoms with van der Waals surface area (Å²) < 4.78 is 6.98. The van der Waals surface area contributed by atoms with Crippen LogP contribution in [0.5, 0.6) is 5.75 Å². The number of nitrogens with one attached hydrogen (secondary N) is 1. The van der Waals surface area contributed by atoms with E-state index in [9.17, 15) is 14.7 Å². The fraction of sp³-hybridized carbons (Fsp3) is 0.312. The highest BCUT2D eigenvalue weighted by Crippen LogP contribution is 2.28. The van der Waals surface area contributed by atoms with E-state index < -0.39 is 17.9 Å². The Hall–Kier alpha value is -2.83. The molecular weight excluding hydrogens is 298 g/mol. The van der Waals surface area contributed by atoms with Crippen molar-refractivity contribution in [3.8, 4) is 5.75 Å². The number of ether oxygens (including phenoxy) is 1. The van der Waals surface area contributed by atoms with Crippen molar-refractivity contribution in [2.45, 2.75) is 19.4 Å². The first-order valence-electron chi connectivity index (χ1n) is 7.25. The summed E-state index contributed by atoms with van der Waals surface area (Å²) in [5, 5.41) is 16.1. The number of rotatable bonds is 4. The maximum Gasteiger partial charge on any atom is 0.330 e. The number of aryl methyl sites for hydroxylation is 2. The first-order chi connectivity index (χ1) is 11.0. The second kappa shape index (κ2) is 5.75. The predicted molar refractivity (Wildman–Crippen MR) is 81.4 cm³/mol. The van der Waals surface area contributed by atoms with Crippen LogP contribution in [0.3, 0.4) is 0 Å². The highest BCUT2D eigenvalue weighted by molar-refractivity contribution is 5.95. The summed E-state index contributed by atoms with van der Waals surface area (Å²) in [6.07, 6.45) is 0.739. The van der Waals surface area contributed by atoms with Crippen LogP contribution in [-0.4, -0.2) is 33.4 Å². The molecule has 1 aliphatic rings. The molecule has 3 rings (SSSR count). The fourth-order valence-corrected chi connectivity index (χ4v) is 2.55. The number of aliphatic carboxylic acids is 1. The number of nitrogens with zero attached hydrogens (tertiary/aromatic N) is 2. The fourth-order valence-electron chi connectivity index (χ4n) is 2.55. The molecule has 2 heterocycles. The molecule has 1 amide bonds. The Balaban J connectivity index is 1.84. The zero-order chi connectivity index (χ0) is 16.6. The van der Waals surface area contributed by atoms with Crippen molar-refractivity contribution in [1.29, 1.82) is 0 Å². The van der Waals surface area contributed by atoms with Gasteiger partial charge in [-0.15, -0.1) is 0 Å². The molecule has 0 saturated carbocycles. The molecule has 0 saturated heterocycles. The minimum Gasteiger partial charge on any atom is -0.493 e. The molecule has 0 fully saturated rings. The predicted octanol–water partition coefficient (Wildman–Crippen LogP) is 1.22. The first kappa shape index (κ1) is 15.1. The molecule has 7 heteroatoms. The van der Waals surface area contributed by atoms with Crippen LogP contribution in [0.2, 0.25) is 0 Å². The van der Waals surface area contributed by atoms with Crippen molar-refractivity contribution in [2.24, 2.45) is 7.05 Å². The number of carbonyl (C=O) groups is 2. The van der Waals surface area contributed by atoms with Crippen LogP contribution in [-0.2, 0) is 18.3 Å². The Morgan fingerprint density at radius 3 is 2.83 bits per heavy atom. The van der Waals surface area contributed by atoms with E-state index in [0.717, 1.165) is 23.4 Å². The van der Waals surface area contributed by atoms with Gasteiger partial charge in [0.15, 0.2) is 6.04 Å². The van der Waals surface area contributed by atoms with E-state index >= 15 is 0 Å². The zero-order valence-corrected chi connectivity index (χ0v) is 12.9. The average molecular weight is 315 g/mol. The molecule has 2 aromatic rings. The second-order valence-electron chi connectivity index (χ2n) is 5.50. The van der Waals surface area contributed by atoms with Crippen molar-refractivity contribution >= 4 is 11.9 Å². The quantitative estimate of drug-likeness (QED) is 0.885. The molecule has 7 nitrogen and oxygen atoms in total. The molecule has 120 valence electrons. The van der Waals surface area contributed by atoms with E-state index in [4.69, 9.17) is 4.74 Å². The van der Waals surface area contributed by atoms with Gasteiger partial charge in [-0.1, -0.05) is 6.07 Å². The number of aromatic nitrogens is 2. The van der Waals surface area contributed by atoms with Gasteiger partial charge in [-0.05, 0) is 36.2 Å². The first-order valence-corrected chi connectivity index (χ1v) is 7.25. The number of benzene rings is 1. The second-order valence-corrected chi connectivity index (χ2v) is 5.50. The van der Waals surface area contributed by atoms with Gasteiger partial charge >= 0.3 is 5.97 Å². The van der Waals surface area contributed by atoms with E-state index in [1.54, 1.807) is 36.0 Å². The Labute approximate surface area is 132 Å². The zero-order valence-electron chi connectivity index (χ0n) is 12.9. The van der Waals surface area contributed by atoms with Gasteiger partial charge in [-0.2, -0.15) is 5.10 Å². The monoisotopic (exact) mass is 315 g/mol. The van der Waals surface area contributed by atoms with Gasteiger partial charge < -0.3 is 15.2 Å². The van der Waals surface area contributed by atoms with E-state index in [1.165, 1.54) is 0 Å². The molecule has 2 N–H and O–H groups in total. The maximum absolute atomic E-state index is 12.3. The normalized spacial score (nSPS) is 14.0. The van der Waals surface area contributed by atoms with E-state index in [0.29, 0.717) is 12.2 Å². The smallest absolute Gasteiger partial charge is 0.330 e. The topological polar surface area (TPSA) is 93.5 Å². The van der Waals surface area contributed by atoms with E-state index in [1.807, 2.05) is 6.92 Å². The van der Waals surface area contributed by atoms with Gasteiger partial charge in [0.2, 0.25) is 0 Å². The number of fused-ring (bicyclic) bond motifs is 1. The maximum atomic E-state index is 12.3. The third kappa shape index (κ3) is 2.90. The summed E-state index contributed by atoms with van der Waals surface area (Å²) >= 11 is 0. The molecule has 23 heavy (non-hydrogen) atoms. The molecule has 1 atom stereocenters. The molecule has 0 aliphatic carbocycles. The summed E-state index contributed by atoms with van der Waals surface area (Å²) in [5.41, 5.74) is 2.48. The van der Waals surface area contributed by atoms with Gasteiger partial charge in [-0.25, -0.2) is 4.79 Å². The van der Waals surface area contributed by atoms with Crippen LogP contribution >= 0.6 is 0 Å². The van der Waals surface area contributed by atoms with Crippen LogP contribution in [0.25, 0.3) is 0 Å². The summed E-state index contributed by atoms with van der Waals surface area (Å²) in [5.74, 6) is -0.868. The number of carboxylic acid groups (broad SMARTS) is 1. The van der Waals surface area contributed by atoms with E-state index in [2.05, 4.69) is 10.4 Å². The van der Waals surface area contributed by atoms with Crippen molar-refractivity contribution < 1.29 is 19.4 Å². The Kier molecular flexibility index (Phi) is 3.77. The average Bonchev–Trinajstić information content (AvgIpc) is 3.10. The van der Waals surface area contributed by atoms with E-state index in [-0.39, 0.29) is 5.69 Å². The molecule has 0 spiro atoms. The highest BCUT2D eigenvalue weighted by atomic mass is 16.5. The van der Waals surface area contributed by atoms with Gasteiger partial charge in [0.25, 0.3) is 5.91 Å². The molecule has 0 bridgehead atoms. The third-order valence-electron chi connectivity index (χ3n) is 3.92. The Morgan fingerprint density at radius 1 is 1.39 bits per heavy atom. The molecule has 0 radical (unpaired) electrons. The summed E-state index contributed by atoms with van der Waals surface area (Å²) in [6.45, 7) is 2.41. The minimum atomic E-state index is -1.13. The lowest BCUT2D eigenvalue weighted by Gasteiger charge is -2.15. The number of carboxylic acids is 1. The van der Waals surface area contributed by atoms with Crippen molar-refractivity contribution in [3.05, 3.63) is 46.8 Å². The SMILES string of the molecule is Cc1cc(C(=O)NC(C(=O)O)c2ccc3c(c2)CCO3)nn1C. The molecular formula is C16H17N3O4. The molecule has 1 aliphatic heterocycles. The molecule has 1 aromatic heterocycles. The number of carbonyl (C=O) groups excluding carboxylic acids is 1. The lowest BCUT2D eigenvalue weighted by atomic mass is 10.0. The van der Waals surface area contributed by atoms with Crippen LogP contribution in [0.1, 0.15) is 33.4 Å². The standard InChI is InChI=1S/C16H17N3O4/c1-9-7-12(18-19(9)2)15(20)17-14(16(21)22)11-3-4-13-10(8-11)5-6-23-13/h3-4,7-8,14H,5-6H2,1-2H3,(H,17,20)(H,21,22). The lowest BCUT2D eigenvalue weighted by Crippen LogP contribution is -2.34.